The molecular weight excluding hydrogens is 344 g/mol. The van der Waals surface area contributed by atoms with Gasteiger partial charge >= 0.3 is 0 Å². The lowest BCUT2D eigenvalue weighted by molar-refractivity contribution is 0.620. The first-order valence-electron chi connectivity index (χ1n) is 5.81. The molecule has 0 radical (unpaired) electrons. The normalized spacial score (nSPS) is 10.7. The van der Waals surface area contributed by atoms with Crippen molar-refractivity contribution in [1.29, 1.82) is 0 Å². The number of aromatic nitrogens is 2. The second kappa shape index (κ2) is 5.69. The van der Waals surface area contributed by atoms with Gasteiger partial charge in [0.1, 0.15) is 5.82 Å². The van der Waals surface area contributed by atoms with Crippen molar-refractivity contribution in [1.82, 2.24) is 9.78 Å². The van der Waals surface area contributed by atoms with Gasteiger partial charge in [0.05, 0.1) is 27.2 Å². The fourth-order valence-electron chi connectivity index (χ4n) is 1.74. The molecule has 1 aromatic heterocycles. The van der Waals surface area contributed by atoms with Gasteiger partial charge in [0.25, 0.3) is 0 Å². The number of anilines is 1. The molecule has 0 aliphatic rings. The Kier molecular flexibility index (Phi) is 4.21. The molecule has 0 fully saturated rings. The maximum Gasteiger partial charge on any atom is 0.138 e. The first kappa shape index (κ1) is 13.3. The number of nitrogens with one attached hydrogen (secondary N) is 1. The van der Waals surface area contributed by atoms with Crippen LogP contribution in [0.2, 0.25) is 0 Å². The van der Waals surface area contributed by atoms with Crippen molar-refractivity contribution < 1.29 is 4.39 Å². The average molecular weight is 359 g/mol. The molecule has 0 atom stereocenters. The van der Waals surface area contributed by atoms with E-state index < -0.39 is 0 Å². The third kappa shape index (κ3) is 2.82. The van der Waals surface area contributed by atoms with Crippen molar-refractivity contribution in [2.24, 2.45) is 7.05 Å². The van der Waals surface area contributed by atoms with Crippen molar-refractivity contribution in [3.05, 3.63) is 45.0 Å². The Hall–Kier alpha value is -1.11. The molecule has 3 nitrogen and oxygen atoms in total. The molecule has 0 bridgehead atoms. The minimum absolute atomic E-state index is 0.195. The van der Waals surface area contributed by atoms with E-state index in [9.17, 15) is 4.39 Å². The number of halogens is 2. The lowest BCUT2D eigenvalue weighted by Crippen LogP contribution is -2.06. The Labute approximate surface area is 120 Å². The van der Waals surface area contributed by atoms with Gasteiger partial charge in [0.15, 0.2) is 0 Å². The van der Waals surface area contributed by atoms with E-state index in [1.165, 1.54) is 6.07 Å². The molecule has 96 valence electrons. The Bertz CT molecular complexity index is 551. The summed E-state index contributed by atoms with van der Waals surface area (Å²) in [7, 11) is 1.92. The van der Waals surface area contributed by atoms with Crippen molar-refractivity contribution >= 4 is 28.3 Å². The molecule has 1 N–H and O–H groups in total. The quantitative estimate of drug-likeness (QED) is 0.849. The zero-order valence-corrected chi connectivity index (χ0v) is 12.5. The number of aryl methyl sites for hydroxylation is 2. The topological polar surface area (TPSA) is 29.9 Å². The maximum atomic E-state index is 13.4. The van der Waals surface area contributed by atoms with Gasteiger partial charge in [-0.15, -0.1) is 0 Å². The minimum Gasteiger partial charge on any atom is -0.378 e. The molecule has 5 heteroatoms. The Morgan fingerprint density at radius 3 is 2.89 bits per heavy atom. The highest BCUT2D eigenvalue weighted by atomic mass is 127. The van der Waals surface area contributed by atoms with Gasteiger partial charge in [-0.1, -0.05) is 13.0 Å². The van der Waals surface area contributed by atoms with Crippen LogP contribution in [0.5, 0.6) is 0 Å². The lowest BCUT2D eigenvalue weighted by Gasteiger charge is -2.09. The van der Waals surface area contributed by atoms with Crippen LogP contribution in [-0.2, 0) is 20.0 Å². The van der Waals surface area contributed by atoms with Gasteiger partial charge in [-0.05, 0) is 47.2 Å². The molecule has 2 aromatic rings. The zero-order valence-electron chi connectivity index (χ0n) is 10.4. The predicted molar refractivity (Wildman–Crippen MR) is 79.0 cm³/mol. The van der Waals surface area contributed by atoms with E-state index in [4.69, 9.17) is 0 Å². The molecule has 0 spiro atoms. The molecule has 0 aliphatic heterocycles. The van der Waals surface area contributed by atoms with Gasteiger partial charge in [0.2, 0.25) is 0 Å². The van der Waals surface area contributed by atoms with Gasteiger partial charge in [-0.2, -0.15) is 5.10 Å². The summed E-state index contributed by atoms with van der Waals surface area (Å²) in [6.07, 6.45) is 0.922. The minimum atomic E-state index is -0.195. The van der Waals surface area contributed by atoms with Crippen molar-refractivity contribution in [2.75, 3.05) is 5.32 Å². The van der Waals surface area contributed by atoms with Gasteiger partial charge in [-0.3, -0.25) is 4.68 Å². The Morgan fingerprint density at radius 1 is 1.44 bits per heavy atom. The van der Waals surface area contributed by atoms with E-state index in [1.54, 1.807) is 6.07 Å². The van der Waals surface area contributed by atoms with Crippen molar-refractivity contribution in [3.8, 4) is 0 Å². The largest absolute Gasteiger partial charge is 0.378 e. The van der Waals surface area contributed by atoms with Crippen LogP contribution in [0.3, 0.4) is 0 Å². The first-order chi connectivity index (χ1) is 8.61. The monoisotopic (exact) mass is 359 g/mol. The van der Waals surface area contributed by atoms with Crippen LogP contribution in [0.15, 0.2) is 24.3 Å². The van der Waals surface area contributed by atoms with E-state index >= 15 is 0 Å². The van der Waals surface area contributed by atoms with Crippen LogP contribution in [0, 0.1) is 9.39 Å². The Balaban J connectivity index is 2.11. The zero-order chi connectivity index (χ0) is 13.1. The van der Waals surface area contributed by atoms with Crippen molar-refractivity contribution in [2.45, 2.75) is 19.9 Å². The summed E-state index contributed by atoms with van der Waals surface area (Å²) in [5, 5.41) is 7.62. The van der Waals surface area contributed by atoms with Crippen LogP contribution in [0.1, 0.15) is 18.3 Å². The van der Waals surface area contributed by atoms with Crippen LogP contribution >= 0.6 is 22.6 Å². The summed E-state index contributed by atoms with van der Waals surface area (Å²) in [5.41, 5.74) is 2.98. The van der Waals surface area contributed by atoms with Gasteiger partial charge in [0, 0.05) is 7.05 Å². The average Bonchev–Trinajstić information content (AvgIpc) is 2.72. The summed E-state index contributed by atoms with van der Waals surface area (Å²) in [6, 6.07) is 7.12. The molecule has 0 aliphatic carbocycles. The van der Waals surface area contributed by atoms with Crippen LogP contribution in [0.4, 0.5) is 10.1 Å². The smallest absolute Gasteiger partial charge is 0.138 e. The lowest BCUT2D eigenvalue weighted by atomic mass is 10.3. The first-order valence-corrected chi connectivity index (χ1v) is 6.89. The number of benzene rings is 1. The number of hydrogen-bond acceptors (Lipinski definition) is 2. The van der Waals surface area contributed by atoms with Crippen LogP contribution < -0.4 is 5.32 Å². The number of nitrogens with zero attached hydrogens (tertiary/aromatic N) is 2. The third-order valence-corrected chi connectivity index (χ3v) is 3.90. The summed E-state index contributed by atoms with van der Waals surface area (Å²) >= 11 is 2.01. The summed E-state index contributed by atoms with van der Waals surface area (Å²) < 4.78 is 15.9. The standard InChI is InChI=1S/C13H15FIN3/c1-3-9-7-10(18(2)17-9)8-16-12-6-4-5-11(14)13(12)15/h4-7,16H,3,8H2,1-2H3. The fraction of sp³-hybridized carbons (Fsp3) is 0.308. The molecule has 2 rings (SSSR count). The molecule has 0 unspecified atom stereocenters. The summed E-state index contributed by atoms with van der Waals surface area (Å²) in [6.45, 7) is 2.72. The van der Waals surface area contributed by atoms with Crippen LogP contribution in [-0.4, -0.2) is 9.78 Å². The molecule has 0 saturated carbocycles. The van der Waals surface area contributed by atoms with E-state index in [0.29, 0.717) is 10.1 Å². The molecule has 1 heterocycles. The molecule has 0 saturated heterocycles. The molecule has 0 amide bonds. The summed E-state index contributed by atoms with van der Waals surface area (Å²) in [4.78, 5) is 0. The van der Waals surface area contributed by atoms with Gasteiger partial charge in [-0.25, -0.2) is 4.39 Å². The maximum absolute atomic E-state index is 13.4. The highest BCUT2D eigenvalue weighted by molar-refractivity contribution is 14.1. The highest BCUT2D eigenvalue weighted by Gasteiger charge is 2.07. The SMILES string of the molecule is CCc1cc(CNc2cccc(F)c2I)n(C)n1. The van der Waals surface area contributed by atoms with E-state index in [1.807, 2.05) is 40.4 Å². The molecule has 18 heavy (non-hydrogen) atoms. The fourth-order valence-corrected chi connectivity index (χ4v) is 2.29. The third-order valence-electron chi connectivity index (χ3n) is 2.80. The predicted octanol–water partition coefficient (Wildman–Crippen LogP) is 3.34. The molecular formula is C13H15FIN3. The van der Waals surface area contributed by atoms with E-state index in [2.05, 4.69) is 23.4 Å². The van der Waals surface area contributed by atoms with E-state index in [-0.39, 0.29) is 5.82 Å². The van der Waals surface area contributed by atoms with Crippen molar-refractivity contribution in [3.63, 3.8) is 0 Å². The number of rotatable bonds is 4. The second-order valence-electron chi connectivity index (χ2n) is 4.06. The highest BCUT2D eigenvalue weighted by Crippen LogP contribution is 2.21. The van der Waals surface area contributed by atoms with Crippen LogP contribution in [0.25, 0.3) is 0 Å². The second-order valence-corrected chi connectivity index (χ2v) is 5.14. The van der Waals surface area contributed by atoms with E-state index in [0.717, 1.165) is 23.5 Å². The Morgan fingerprint density at radius 2 is 2.22 bits per heavy atom. The summed E-state index contributed by atoms with van der Waals surface area (Å²) in [5.74, 6) is -0.195. The van der Waals surface area contributed by atoms with Gasteiger partial charge < -0.3 is 5.32 Å². The molecule has 1 aromatic carbocycles. The number of hydrogen-bond donors (Lipinski definition) is 1.